The Morgan fingerprint density at radius 2 is 2.00 bits per heavy atom. The fourth-order valence-electron chi connectivity index (χ4n) is 2.48. The van der Waals surface area contributed by atoms with Gasteiger partial charge in [-0.1, -0.05) is 18.6 Å². The molecule has 0 saturated carbocycles. The Morgan fingerprint density at radius 3 is 2.67 bits per heavy atom. The van der Waals surface area contributed by atoms with Crippen LogP contribution in [-0.2, 0) is 19.2 Å². The molecule has 116 valence electrons. The molecule has 2 amide bonds. The van der Waals surface area contributed by atoms with Crippen LogP contribution in [0.1, 0.15) is 44.9 Å². The number of imide groups is 1. The van der Waals surface area contributed by atoms with Crippen LogP contribution >= 0.6 is 0 Å². The molecule has 0 aromatic heterocycles. The van der Waals surface area contributed by atoms with Crippen LogP contribution in [0.2, 0.25) is 0 Å². The van der Waals surface area contributed by atoms with Crippen molar-refractivity contribution >= 4 is 17.8 Å². The number of aliphatic hydroxyl groups excluding tert-OH is 1. The zero-order valence-electron chi connectivity index (χ0n) is 11.7. The summed E-state index contributed by atoms with van der Waals surface area (Å²) in [5.41, 5.74) is -1.64. The van der Waals surface area contributed by atoms with Crippen molar-refractivity contribution in [1.29, 1.82) is 0 Å². The van der Waals surface area contributed by atoms with Crippen molar-refractivity contribution < 1.29 is 29.4 Å². The lowest BCUT2D eigenvalue weighted by Gasteiger charge is -2.32. The Kier molecular flexibility index (Phi) is 4.74. The van der Waals surface area contributed by atoms with Crippen molar-refractivity contribution in [2.75, 3.05) is 0 Å². The number of nitrogens with zero attached hydrogens (tertiary/aromatic N) is 1. The summed E-state index contributed by atoms with van der Waals surface area (Å²) in [7, 11) is 0. The minimum absolute atomic E-state index is 0.0156. The standard InChI is InChI=1S/C14H19NO6/c16-10-5-3-1-2-4-8-14(10,20)9-13(19)21-15-11(17)6-7-12(15)18/h3,5,10,16,20H,1-2,4,6-9H2/b5-3+. The Hall–Kier alpha value is -1.73. The maximum atomic E-state index is 11.8. The maximum Gasteiger partial charge on any atom is 0.336 e. The van der Waals surface area contributed by atoms with Crippen LogP contribution in [-0.4, -0.2) is 44.8 Å². The molecule has 2 unspecified atom stereocenters. The van der Waals surface area contributed by atoms with E-state index >= 15 is 0 Å². The summed E-state index contributed by atoms with van der Waals surface area (Å²) >= 11 is 0. The van der Waals surface area contributed by atoms with Gasteiger partial charge in [-0.15, -0.1) is 5.06 Å². The van der Waals surface area contributed by atoms with Crippen molar-refractivity contribution in [3.8, 4) is 0 Å². The van der Waals surface area contributed by atoms with Crippen LogP contribution in [0.15, 0.2) is 12.2 Å². The minimum atomic E-state index is -1.64. The summed E-state index contributed by atoms with van der Waals surface area (Å²) in [4.78, 5) is 39.3. The molecule has 1 saturated heterocycles. The van der Waals surface area contributed by atoms with E-state index in [9.17, 15) is 24.6 Å². The van der Waals surface area contributed by atoms with Crippen molar-refractivity contribution in [3.05, 3.63) is 12.2 Å². The topological polar surface area (TPSA) is 104 Å². The summed E-state index contributed by atoms with van der Waals surface area (Å²) in [6.07, 6.45) is 4.15. The minimum Gasteiger partial charge on any atom is -0.386 e. The summed E-state index contributed by atoms with van der Waals surface area (Å²) in [6, 6.07) is 0. The molecule has 0 aromatic carbocycles. The Morgan fingerprint density at radius 1 is 1.33 bits per heavy atom. The van der Waals surface area contributed by atoms with E-state index in [4.69, 9.17) is 4.84 Å². The van der Waals surface area contributed by atoms with Crippen molar-refractivity contribution in [1.82, 2.24) is 5.06 Å². The number of carbonyl (C=O) groups is 3. The molecule has 0 spiro atoms. The van der Waals surface area contributed by atoms with Crippen molar-refractivity contribution in [3.63, 3.8) is 0 Å². The number of allylic oxidation sites excluding steroid dienone is 1. The summed E-state index contributed by atoms with van der Waals surface area (Å²) in [5, 5.41) is 20.8. The van der Waals surface area contributed by atoms with Gasteiger partial charge in [0, 0.05) is 12.8 Å². The number of amides is 2. The first kappa shape index (κ1) is 15.7. The molecule has 2 atom stereocenters. The number of hydrogen-bond donors (Lipinski definition) is 2. The van der Waals surface area contributed by atoms with Crippen LogP contribution in [0.25, 0.3) is 0 Å². The van der Waals surface area contributed by atoms with Gasteiger partial charge in [0.2, 0.25) is 0 Å². The normalized spacial score (nSPS) is 31.7. The highest BCUT2D eigenvalue weighted by atomic mass is 16.7. The molecule has 21 heavy (non-hydrogen) atoms. The van der Waals surface area contributed by atoms with Crippen LogP contribution in [0, 0.1) is 0 Å². The summed E-state index contributed by atoms with van der Waals surface area (Å²) in [5.74, 6) is -2.05. The molecule has 7 heteroatoms. The number of hydrogen-bond acceptors (Lipinski definition) is 6. The molecule has 2 N–H and O–H groups in total. The lowest BCUT2D eigenvalue weighted by atomic mass is 9.85. The number of carbonyl (C=O) groups excluding carboxylic acids is 3. The lowest BCUT2D eigenvalue weighted by molar-refractivity contribution is -0.202. The second-order valence-corrected chi connectivity index (χ2v) is 5.44. The van der Waals surface area contributed by atoms with E-state index in [0.29, 0.717) is 11.5 Å². The first-order valence-electron chi connectivity index (χ1n) is 7.06. The van der Waals surface area contributed by atoms with Gasteiger partial charge in [0.25, 0.3) is 11.8 Å². The van der Waals surface area contributed by atoms with Gasteiger partial charge in [-0.3, -0.25) is 9.59 Å². The largest absolute Gasteiger partial charge is 0.386 e. The summed E-state index contributed by atoms with van der Waals surface area (Å²) < 4.78 is 0. The average molecular weight is 297 g/mol. The van der Waals surface area contributed by atoms with E-state index < -0.39 is 35.9 Å². The fourth-order valence-corrected chi connectivity index (χ4v) is 2.48. The molecule has 2 rings (SSSR count). The van der Waals surface area contributed by atoms with E-state index in [1.807, 2.05) is 0 Å². The predicted octanol–water partition coefficient (Wildman–Crippen LogP) is 0.206. The smallest absolute Gasteiger partial charge is 0.336 e. The molecular formula is C14H19NO6. The van der Waals surface area contributed by atoms with E-state index in [2.05, 4.69) is 0 Å². The molecule has 1 aliphatic heterocycles. The monoisotopic (exact) mass is 297 g/mol. The Balaban J connectivity index is 1.99. The molecule has 2 aliphatic rings. The highest BCUT2D eigenvalue weighted by molar-refractivity contribution is 6.01. The van der Waals surface area contributed by atoms with Crippen LogP contribution in [0.3, 0.4) is 0 Å². The van der Waals surface area contributed by atoms with Gasteiger partial charge in [0.1, 0.15) is 11.7 Å². The molecule has 1 aliphatic carbocycles. The van der Waals surface area contributed by atoms with Crippen LogP contribution < -0.4 is 0 Å². The third-order valence-electron chi connectivity index (χ3n) is 3.75. The van der Waals surface area contributed by atoms with Crippen molar-refractivity contribution in [2.24, 2.45) is 0 Å². The van der Waals surface area contributed by atoms with Gasteiger partial charge >= 0.3 is 5.97 Å². The molecular weight excluding hydrogens is 278 g/mol. The zero-order valence-corrected chi connectivity index (χ0v) is 11.7. The van der Waals surface area contributed by atoms with E-state index in [1.54, 1.807) is 6.08 Å². The molecule has 7 nitrogen and oxygen atoms in total. The fraction of sp³-hybridized carbons (Fsp3) is 0.643. The Bertz CT molecular complexity index is 458. The first-order chi connectivity index (χ1) is 9.92. The van der Waals surface area contributed by atoms with Gasteiger partial charge in [0.15, 0.2) is 0 Å². The van der Waals surface area contributed by atoms with E-state index in [1.165, 1.54) is 6.08 Å². The van der Waals surface area contributed by atoms with Gasteiger partial charge in [-0.25, -0.2) is 4.79 Å². The third-order valence-corrected chi connectivity index (χ3v) is 3.75. The van der Waals surface area contributed by atoms with Crippen LogP contribution in [0.4, 0.5) is 0 Å². The Labute approximate surface area is 122 Å². The highest BCUT2D eigenvalue weighted by Crippen LogP contribution is 2.27. The predicted molar refractivity (Wildman–Crippen MR) is 70.4 cm³/mol. The quantitative estimate of drug-likeness (QED) is 0.570. The average Bonchev–Trinajstić information content (AvgIpc) is 2.72. The number of hydroxylamine groups is 2. The highest BCUT2D eigenvalue weighted by Gasteiger charge is 2.40. The number of rotatable bonds is 3. The second kappa shape index (κ2) is 6.36. The van der Waals surface area contributed by atoms with Gasteiger partial charge in [-0.05, 0) is 19.3 Å². The van der Waals surface area contributed by atoms with Crippen molar-refractivity contribution in [2.45, 2.75) is 56.7 Å². The molecule has 0 aromatic rings. The second-order valence-electron chi connectivity index (χ2n) is 5.44. The zero-order chi connectivity index (χ0) is 15.5. The number of aliphatic hydroxyl groups is 2. The van der Waals surface area contributed by atoms with Crippen LogP contribution in [0.5, 0.6) is 0 Å². The third kappa shape index (κ3) is 3.68. The lowest BCUT2D eigenvalue weighted by Crippen LogP contribution is -2.45. The molecule has 0 bridgehead atoms. The maximum absolute atomic E-state index is 11.8. The molecule has 1 heterocycles. The van der Waals surface area contributed by atoms with Gasteiger partial charge in [0.05, 0.1) is 6.42 Å². The van der Waals surface area contributed by atoms with E-state index in [0.717, 1.165) is 12.8 Å². The van der Waals surface area contributed by atoms with Gasteiger partial charge in [-0.2, -0.15) is 0 Å². The molecule has 0 radical (unpaired) electrons. The van der Waals surface area contributed by atoms with E-state index in [-0.39, 0.29) is 19.3 Å². The summed E-state index contributed by atoms with van der Waals surface area (Å²) in [6.45, 7) is 0. The molecule has 1 fully saturated rings. The SMILES string of the molecule is O=C(CC1(O)CCCC/C=C/C1O)ON1C(=O)CCC1=O. The van der Waals surface area contributed by atoms with Gasteiger partial charge < -0.3 is 15.1 Å². The first-order valence-corrected chi connectivity index (χ1v) is 7.06.